The molecule has 1 aromatic rings. The van der Waals surface area contributed by atoms with Crippen LogP contribution in [0.5, 0.6) is 0 Å². The molecule has 0 unspecified atom stereocenters. The van der Waals surface area contributed by atoms with Crippen molar-refractivity contribution in [1.82, 2.24) is 9.62 Å². The normalized spacial score (nSPS) is 15.8. The number of nitrogens with zero attached hydrogens (tertiary/aromatic N) is 1. The summed E-state index contributed by atoms with van der Waals surface area (Å²) in [6.45, 7) is 4.73. The summed E-state index contributed by atoms with van der Waals surface area (Å²) < 4.78 is 36.9. The fraction of sp³-hybridized carbons (Fsp3) is 0.714. The van der Waals surface area contributed by atoms with Crippen molar-refractivity contribution in [3.8, 4) is 0 Å². The van der Waals surface area contributed by atoms with Gasteiger partial charge in [0.1, 0.15) is 5.76 Å². The molecule has 1 aliphatic rings. The van der Waals surface area contributed by atoms with E-state index in [0.29, 0.717) is 44.5 Å². The van der Waals surface area contributed by atoms with Crippen LogP contribution in [-0.2, 0) is 21.3 Å². The second kappa shape index (κ2) is 7.40. The maximum Gasteiger partial charge on any atom is 0.276 e. The zero-order valence-electron chi connectivity index (χ0n) is 12.7. The van der Waals surface area contributed by atoms with E-state index in [1.54, 1.807) is 13.2 Å². The van der Waals surface area contributed by atoms with Crippen molar-refractivity contribution in [3.63, 3.8) is 0 Å². The Hall–Kier alpha value is -0.890. The van der Waals surface area contributed by atoms with Gasteiger partial charge in [-0.3, -0.25) is 0 Å². The molecule has 0 aliphatic heterocycles. The number of furan rings is 1. The van der Waals surface area contributed by atoms with Crippen molar-refractivity contribution in [1.29, 1.82) is 0 Å². The maximum atomic E-state index is 12.5. The maximum absolute atomic E-state index is 12.5. The van der Waals surface area contributed by atoms with E-state index in [-0.39, 0.29) is 5.09 Å². The first-order chi connectivity index (χ1) is 10.1. The van der Waals surface area contributed by atoms with Gasteiger partial charge in [-0.15, -0.1) is 0 Å². The van der Waals surface area contributed by atoms with Crippen molar-refractivity contribution < 1.29 is 17.6 Å². The van der Waals surface area contributed by atoms with E-state index in [2.05, 4.69) is 5.32 Å². The van der Waals surface area contributed by atoms with Crippen LogP contribution < -0.4 is 5.32 Å². The molecule has 1 fully saturated rings. The third-order valence-corrected chi connectivity index (χ3v) is 5.34. The number of ether oxygens (including phenoxy) is 1. The van der Waals surface area contributed by atoms with Gasteiger partial charge in [-0.2, -0.15) is 4.31 Å². The Bertz CT molecular complexity index is 537. The van der Waals surface area contributed by atoms with E-state index >= 15 is 0 Å². The lowest BCUT2D eigenvalue weighted by molar-refractivity contribution is 0.198. The molecule has 1 aliphatic carbocycles. The molecule has 1 heterocycles. The molecule has 21 heavy (non-hydrogen) atoms. The minimum atomic E-state index is -3.51. The van der Waals surface area contributed by atoms with Gasteiger partial charge < -0.3 is 14.5 Å². The molecule has 120 valence electrons. The van der Waals surface area contributed by atoms with Crippen LogP contribution in [0, 0.1) is 5.92 Å². The molecular weight excluding hydrogens is 292 g/mol. The standard InChI is InChI=1S/C14H24N2O4S/c1-3-16(11-12-4-5-12)21(17,18)14-7-6-13(20-14)10-15-8-9-19-2/h6-7,12,15H,3-5,8-11H2,1-2H3. The number of methoxy groups -OCH3 is 1. The highest BCUT2D eigenvalue weighted by Crippen LogP contribution is 2.31. The van der Waals surface area contributed by atoms with Gasteiger partial charge in [0.05, 0.1) is 13.2 Å². The number of hydrogen-bond donors (Lipinski definition) is 1. The van der Waals surface area contributed by atoms with E-state index in [9.17, 15) is 8.42 Å². The van der Waals surface area contributed by atoms with E-state index in [0.717, 1.165) is 12.8 Å². The summed E-state index contributed by atoms with van der Waals surface area (Å²) in [6, 6.07) is 3.25. The van der Waals surface area contributed by atoms with Crippen LogP contribution in [0.4, 0.5) is 0 Å². The minimum Gasteiger partial charge on any atom is -0.447 e. The van der Waals surface area contributed by atoms with Crippen LogP contribution in [0.1, 0.15) is 25.5 Å². The molecule has 0 bridgehead atoms. The fourth-order valence-corrected chi connectivity index (χ4v) is 3.54. The summed E-state index contributed by atoms with van der Waals surface area (Å²) in [6.07, 6.45) is 2.25. The van der Waals surface area contributed by atoms with Crippen molar-refractivity contribution in [2.24, 2.45) is 5.92 Å². The predicted octanol–water partition coefficient (Wildman–Crippen LogP) is 1.44. The molecule has 0 amide bonds. The summed E-state index contributed by atoms with van der Waals surface area (Å²) in [5.41, 5.74) is 0. The van der Waals surface area contributed by atoms with Gasteiger partial charge in [0, 0.05) is 26.7 Å². The topological polar surface area (TPSA) is 71.8 Å². The Balaban J connectivity index is 1.97. The summed E-state index contributed by atoms with van der Waals surface area (Å²) in [7, 11) is -1.87. The van der Waals surface area contributed by atoms with E-state index in [1.165, 1.54) is 10.4 Å². The first-order valence-electron chi connectivity index (χ1n) is 7.36. The summed E-state index contributed by atoms with van der Waals surface area (Å²) >= 11 is 0. The van der Waals surface area contributed by atoms with Gasteiger partial charge in [-0.25, -0.2) is 8.42 Å². The average Bonchev–Trinajstić information content (AvgIpc) is 3.16. The largest absolute Gasteiger partial charge is 0.447 e. The average molecular weight is 316 g/mol. The van der Waals surface area contributed by atoms with Gasteiger partial charge in [0.25, 0.3) is 10.0 Å². The molecule has 2 rings (SSSR count). The second-order valence-electron chi connectivity index (χ2n) is 5.29. The highest BCUT2D eigenvalue weighted by Gasteiger charge is 2.32. The van der Waals surface area contributed by atoms with Crippen LogP contribution in [0.3, 0.4) is 0 Å². The number of hydrogen-bond acceptors (Lipinski definition) is 5. The quantitative estimate of drug-likeness (QED) is 0.661. The molecule has 1 N–H and O–H groups in total. The third-order valence-electron chi connectivity index (χ3n) is 3.52. The van der Waals surface area contributed by atoms with Gasteiger partial charge in [0.2, 0.25) is 5.09 Å². The van der Waals surface area contributed by atoms with Crippen LogP contribution in [0.25, 0.3) is 0 Å². The molecule has 0 atom stereocenters. The molecular formula is C14H24N2O4S. The minimum absolute atomic E-state index is 0.0357. The van der Waals surface area contributed by atoms with Crippen LogP contribution in [-0.4, -0.2) is 46.1 Å². The number of sulfonamides is 1. The predicted molar refractivity (Wildman–Crippen MR) is 79.4 cm³/mol. The molecule has 0 aromatic carbocycles. The third kappa shape index (κ3) is 4.54. The van der Waals surface area contributed by atoms with E-state index < -0.39 is 10.0 Å². The van der Waals surface area contributed by atoms with Gasteiger partial charge in [-0.1, -0.05) is 6.92 Å². The van der Waals surface area contributed by atoms with Crippen molar-refractivity contribution in [2.45, 2.75) is 31.4 Å². The Morgan fingerprint density at radius 1 is 1.43 bits per heavy atom. The number of rotatable bonds is 10. The van der Waals surface area contributed by atoms with E-state index in [1.807, 2.05) is 6.92 Å². The Kier molecular flexibility index (Phi) is 5.80. The Morgan fingerprint density at radius 2 is 2.19 bits per heavy atom. The highest BCUT2D eigenvalue weighted by molar-refractivity contribution is 7.89. The zero-order chi connectivity index (χ0) is 15.3. The zero-order valence-corrected chi connectivity index (χ0v) is 13.5. The lowest BCUT2D eigenvalue weighted by atomic mass is 10.4. The Morgan fingerprint density at radius 3 is 2.81 bits per heavy atom. The van der Waals surface area contributed by atoms with Crippen LogP contribution in [0.2, 0.25) is 0 Å². The summed E-state index contributed by atoms with van der Waals surface area (Å²) in [5, 5.41) is 3.16. The van der Waals surface area contributed by atoms with Crippen LogP contribution >= 0.6 is 0 Å². The Labute approximate surface area is 126 Å². The van der Waals surface area contributed by atoms with Gasteiger partial charge >= 0.3 is 0 Å². The smallest absolute Gasteiger partial charge is 0.276 e. The van der Waals surface area contributed by atoms with Crippen LogP contribution in [0.15, 0.2) is 21.6 Å². The molecule has 6 nitrogen and oxygen atoms in total. The molecule has 0 radical (unpaired) electrons. The van der Waals surface area contributed by atoms with E-state index in [4.69, 9.17) is 9.15 Å². The fourth-order valence-electron chi connectivity index (χ4n) is 2.09. The van der Waals surface area contributed by atoms with Gasteiger partial charge in [0.15, 0.2) is 0 Å². The van der Waals surface area contributed by atoms with Crippen molar-refractivity contribution in [3.05, 3.63) is 17.9 Å². The lowest BCUT2D eigenvalue weighted by Crippen LogP contribution is -2.32. The molecule has 1 aromatic heterocycles. The first-order valence-corrected chi connectivity index (χ1v) is 8.80. The second-order valence-corrected chi connectivity index (χ2v) is 7.16. The van der Waals surface area contributed by atoms with Crippen molar-refractivity contribution in [2.75, 3.05) is 33.4 Å². The lowest BCUT2D eigenvalue weighted by Gasteiger charge is -2.18. The monoisotopic (exact) mass is 316 g/mol. The van der Waals surface area contributed by atoms with Gasteiger partial charge in [-0.05, 0) is 30.9 Å². The molecule has 1 saturated carbocycles. The number of nitrogens with one attached hydrogen (secondary N) is 1. The SMILES string of the molecule is CCN(CC1CC1)S(=O)(=O)c1ccc(CNCCOC)o1. The molecule has 0 spiro atoms. The van der Waals surface area contributed by atoms with Crippen molar-refractivity contribution >= 4 is 10.0 Å². The highest BCUT2D eigenvalue weighted by atomic mass is 32.2. The first kappa shape index (κ1) is 16.5. The molecule has 0 saturated heterocycles. The molecule has 7 heteroatoms. The summed E-state index contributed by atoms with van der Waals surface area (Å²) in [4.78, 5) is 0. The summed E-state index contributed by atoms with van der Waals surface area (Å²) in [5.74, 6) is 1.14.